The van der Waals surface area contributed by atoms with Crippen LogP contribution in [0.2, 0.25) is 0 Å². The summed E-state index contributed by atoms with van der Waals surface area (Å²) in [6.07, 6.45) is 0.453. The number of thioether (sulfide) groups is 2. The maximum absolute atomic E-state index is 10.7. The number of rotatable bonds is 4. The van der Waals surface area contributed by atoms with Crippen molar-refractivity contribution >= 4 is 33.8 Å². The highest BCUT2D eigenvalue weighted by atomic mass is 32.2. The first-order valence-electron chi connectivity index (χ1n) is 3.94. The molecule has 0 heterocycles. The zero-order valence-corrected chi connectivity index (χ0v) is 9.58. The van der Waals surface area contributed by atoms with Gasteiger partial charge in [-0.1, -0.05) is 30.4 Å². The van der Waals surface area contributed by atoms with Crippen molar-refractivity contribution in [1.82, 2.24) is 0 Å². The van der Waals surface area contributed by atoms with Crippen molar-refractivity contribution in [2.75, 3.05) is 0 Å². The van der Waals surface area contributed by atoms with Gasteiger partial charge >= 0.3 is 0 Å². The molecular weight excluding hydrogens is 208 g/mol. The van der Waals surface area contributed by atoms with Crippen LogP contribution < -0.4 is 0 Å². The van der Waals surface area contributed by atoms with Gasteiger partial charge in [-0.05, 0) is 6.42 Å². The first-order chi connectivity index (χ1) is 5.91. The molecule has 0 aliphatic rings. The van der Waals surface area contributed by atoms with Crippen molar-refractivity contribution in [2.24, 2.45) is 0 Å². The molecule has 3 nitrogen and oxygen atoms in total. The highest BCUT2D eigenvalue weighted by Gasteiger charge is 2.14. The second-order valence-electron chi connectivity index (χ2n) is 2.72. The van der Waals surface area contributed by atoms with E-state index in [4.69, 9.17) is 0 Å². The molecule has 0 radical (unpaired) electrons. The number of aliphatic hydroxyl groups excluding tert-OH is 1. The van der Waals surface area contributed by atoms with Gasteiger partial charge in [-0.15, -0.1) is 0 Å². The van der Waals surface area contributed by atoms with Crippen LogP contribution in [0.25, 0.3) is 0 Å². The third-order valence-electron chi connectivity index (χ3n) is 1.20. The second kappa shape index (κ2) is 6.45. The Bertz CT molecular complexity index is 174. The molecule has 0 bridgehead atoms. The molecule has 0 spiro atoms. The normalized spacial score (nSPS) is 15.1. The van der Waals surface area contributed by atoms with Crippen LogP contribution in [0, 0.1) is 0 Å². The second-order valence-corrected chi connectivity index (χ2v) is 5.69. The minimum atomic E-state index is -0.695. The van der Waals surface area contributed by atoms with Crippen LogP contribution >= 0.6 is 23.5 Å². The van der Waals surface area contributed by atoms with Crippen LogP contribution in [0.1, 0.15) is 27.2 Å². The summed E-state index contributed by atoms with van der Waals surface area (Å²) in [6, 6.07) is 0. The fourth-order valence-corrected chi connectivity index (χ4v) is 2.59. The van der Waals surface area contributed by atoms with Crippen molar-refractivity contribution in [2.45, 2.75) is 37.9 Å². The van der Waals surface area contributed by atoms with E-state index in [1.807, 2.05) is 6.92 Å². The molecule has 2 unspecified atom stereocenters. The van der Waals surface area contributed by atoms with Crippen LogP contribution in [0.5, 0.6) is 0 Å². The molecule has 0 saturated carbocycles. The first-order valence-corrected chi connectivity index (χ1v) is 5.70. The predicted molar refractivity (Wildman–Crippen MR) is 56.6 cm³/mol. The lowest BCUT2D eigenvalue weighted by molar-refractivity contribution is -0.110. The van der Waals surface area contributed by atoms with E-state index in [1.54, 1.807) is 0 Å². The molecule has 0 aliphatic carbocycles. The third-order valence-corrected chi connectivity index (χ3v) is 2.93. The Hall–Kier alpha value is -0.0000000000000000555. The van der Waals surface area contributed by atoms with Gasteiger partial charge < -0.3 is 5.11 Å². The summed E-state index contributed by atoms with van der Waals surface area (Å²) in [5.41, 5.74) is -0.695. The standard InChI is InChI=1S/C8H14O3S2/c1-5(12-6(2)9)4-8(11)13-7(3)10/h5,8,11H,4H2,1-3H3. The van der Waals surface area contributed by atoms with Gasteiger partial charge in [0.15, 0.2) is 10.2 Å². The Morgan fingerprint density at radius 1 is 1.23 bits per heavy atom. The highest BCUT2D eigenvalue weighted by Crippen LogP contribution is 2.21. The van der Waals surface area contributed by atoms with E-state index in [-0.39, 0.29) is 15.5 Å². The average molecular weight is 222 g/mol. The molecule has 5 heteroatoms. The SMILES string of the molecule is CC(=O)SC(C)CC(O)SC(C)=O. The Morgan fingerprint density at radius 2 is 1.69 bits per heavy atom. The van der Waals surface area contributed by atoms with E-state index in [2.05, 4.69) is 0 Å². The monoisotopic (exact) mass is 222 g/mol. The predicted octanol–water partition coefficient (Wildman–Crippen LogP) is 1.64. The van der Waals surface area contributed by atoms with Gasteiger partial charge in [-0.25, -0.2) is 0 Å². The van der Waals surface area contributed by atoms with Crippen molar-refractivity contribution in [3.63, 3.8) is 0 Å². The molecule has 0 fully saturated rings. The van der Waals surface area contributed by atoms with Crippen LogP contribution in [0.4, 0.5) is 0 Å². The average Bonchev–Trinajstić information content (AvgIpc) is 1.80. The molecule has 0 aromatic carbocycles. The van der Waals surface area contributed by atoms with Gasteiger partial charge in [0.2, 0.25) is 0 Å². The van der Waals surface area contributed by atoms with Crippen LogP contribution in [0.3, 0.4) is 0 Å². The van der Waals surface area contributed by atoms with E-state index in [0.29, 0.717) is 6.42 Å². The van der Waals surface area contributed by atoms with Gasteiger partial charge in [0.1, 0.15) is 5.44 Å². The first kappa shape index (κ1) is 13.0. The number of hydrogen-bond donors (Lipinski definition) is 1. The molecule has 0 aromatic rings. The molecule has 2 atom stereocenters. The smallest absolute Gasteiger partial charge is 0.188 e. The van der Waals surface area contributed by atoms with Crippen LogP contribution in [-0.2, 0) is 9.59 Å². The summed E-state index contributed by atoms with van der Waals surface area (Å²) in [7, 11) is 0. The maximum atomic E-state index is 10.7. The zero-order chi connectivity index (χ0) is 10.4. The fourth-order valence-electron chi connectivity index (χ4n) is 0.855. The van der Waals surface area contributed by atoms with E-state index < -0.39 is 5.44 Å². The van der Waals surface area contributed by atoms with Crippen LogP contribution in [-0.4, -0.2) is 26.0 Å². The van der Waals surface area contributed by atoms with E-state index in [0.717, 1.165) is 11.8 Å². The summed E-state index contributed by atoms with van der Waals surface area (Å²) < 4.78 is 0. The minimum Gasteiger partial charge on any atom is -0.382 e. The summed E-state index contributed by atoms with van der Waals surface area (Å²) in [5, 5.41) is 9.31. The third kappa shape index (κ3) is 8.33. The number of carbonyl (C=O) groups excluding carboxylic acids is 2. The molecular formula is C8H14O3S2. The molecule has 0 amide bonds. The Morgan fingerprint density at radius 3 is 2.08 bits per heavy atom. The topological polar surface area (TPSA) is 54.4 Å². The minimum absolute atomic E-state index is 0.0347. The molecule has 0 aliphatic heterocycles. The van der Waals surface area contributed by atoms with Gasteiger partial charge in [0.05, 0.1) is 0 Å². The van der Waals surface area contributed by atoms with Gasteiger partial charge in [-0.3, -0.25) is 9.59 Å². The molecule has 0 rings (SSSR count). The Kier molecular flexibility index (Phi) is 6.45. The van der Waals surface area contributed by atoms with E-state index in [1.165, 1.54) is 25.6 Å². The quantitative estimate of drug-likeness (QED) is 0.733. The van der Waals surface area contributed by atoms with E-state index in [9.17, 15) is 14.7 Å². The largest absolute Gasteiger partial charge is 0.382 e. The number of aliphatic hydroxyl groups is 1. The highest BCUT2D eigenvalue weighted by molar-refractivity contribution is 8.14. The van der Waals surface area contributed by atoms with Gasteiger partial charge in [-0.2, -0.15) is 0 Å². The summed E-state index contributed by atoms with van der Waals surface area (Å²) in [4.78, 5) is 21.3. The van der Waals surface area contributed by atoms with Gasteiger partial charge in [0, 0.05) is 19.1 Å². The fraction of sp³-hybridized carbons (Fsp3) is 0.750. The van der Waals surface area contributed by atoms with Gasteiger partial charge in [0.25, 0.3) is 0 Å². The molecule has 0 aromatic heterocycles. The molecule has 13 heavy (non-hydrogen) atoms. The summed E-state index contributed by atoms with van der Waals surface area (Å²) in [6.45, 7) is 4.76. The van der Waals surface area contributed by atoms with Crippen molar-refractivity contribution in [1.29, 1.82) is 0 Å². The summed E-state index contributed by atoms with van der Waals surface area (Å²) >= 11 is 2.09. The maximum Gasteiger partial charge on any atom is 0.188 e. The Balaban J connectivity index is 3.70. The van der Waals surface area contributed by atoms with Crippen molar-refractivity contribution < 1.29 is 14.7 Å². The lowest BCUT2D eigenvalue weighted by Crippen LogP contribution is -2.12. The lowest BCUT2D eigenvalue weighted by atomic mass is 10.3. The molecule has 76 valence electrons. The number of hydrogen-bond acceptors (Lipinski definition) is 5. The zero-order valence-electron chi connectivity index (χ0n) is 7.94. The lowest BCUT2D eigenvalue weighted by Gasteiger charge is -2.12. The van der Waals surface area contributed by atoms with Crippen molar-refractivity contribution in [3.8, 4) is 0 Å². The van der Waals surface area contributed by atoms with Crippen LogP contribution in [0.15, 0.2) is 0 Å². The van der Waals surface area contributed by atoms with Crippen molar-refractivity contribution in [3.05, 3.63) is 0 Å². The number of carbonyl (C=O) groups is 2. The Labute approximate surface area is 86.7 Å². The van der Waals surface area contributed by atoms with E-state index >= 15 is 0 Å². The summed E-state index contributed by atoms with van der Waals surface area (Å²) in [5.74, 6) is 0. The molecule has 1 N–H and O–H groups in total. The molecule has 0 saturated heterocycles.